The van der Waals surface area contributed by atoms with Gasteiger partial charge in [0.05, 0.1) is 0 Å². The quantitative estimate of drug-likeness (QED) is 0.410. The molecule has 0 atom stereocenters. The molecular formula is C24H25O3S+. The summed E-state index contributed by atoms with van der Waals surface area (Å²) >= 11 is 0. The lowest BCUT2D eigenvalue weighted by Crippen LogP contribution is -2.27. The molecule has 0 spiro atoms. The third-order valence-electron chi connectivity index (χ3n) is 3.79. The standard InChI is InChI=1S/C24H25O3S/c1-24(2,3)27-23(25)18-26-21-16-10-11-17-22(21)28(19-12-6-4-7-13-19)20-14-8-5-9-15-20/h4-17H,18H2,1-3H3/q+1. The van der Waals surface area contributed by atoms with Gasteiger partial charge in [-0.1, -0.05) is 48.5 Å². The van der Waals surface area contributed by atoms with Gasteiger partial charge in [0.2, 0.25) is 4.90 Å². The fraction of sp³-hybridized carbons (Fsp3) is 0.208. The van der Waals surface area contributed by atoms with Gasteiger partial charge in [-0.15, -0.1) is 0 Å². The van der Waals surface area contributed by atoms with Crippen molar-refractivity contribution in [2.24, 2.45) is 0 Å². The first kappa shape index (κ1) is 20.0. The number of rotatable bonds is 6. The lowest BCUT2D eigenvalue weighted by atomic mass is 10.2. The SMILES string of the molecule is CC(C)(C)OC(=O)COc1ccccc1[S+](c1ccccc1)c1ccccc1. The highest BCUT2D eigenvalue weighted by Crippen LogP contribution is 2.36. The molecule has 0 radical (unpaired) electrons. The van der Waals surface area contributed by atoms with E-state index in [0.29, 0.717) is 5.75 Å². The van der Waals surface area contributed by atoms with Gasteiger partial charge in [0.1, 0.15) is 16.5 Å². The summed E-state index contributed by atoms with van der Waals surface area (Å²) in [6.07, 6.45) is 0. The molecule has 3 aromatic carbocycles. The van der Waals surface area contributed by atoms with Gasteiger partial charge in [0, 0.05) is 0 Å². The Hall–Kier alpha value is -2.72. The van der Waals surface area contributed by atoms with Gasteiger partial charge in [-0.25, -0.2) is 4.79 Å². The van der Waals surface area contributed by atoms with Gasteiger partial charge >= 0.3 is 5.97 Å². The summed E-state index contributed by atoms with van der Waals surface area (Å²) in [5.74, 6) is 0.325. The smallest absolute Gasteiger partial charge is 0.344 e. The van der Waals surface area contributed by atoms with Gasteiger partial charge in [0.25, 0.3) is 0 Å². The maximum atomic E-state index is 12.1. The highest BCUT2D eigenvalue weighted by atomic mass is 32.2. The van der Waals surface area contributed by atoms with Crippen LogP contribution in [0.4, 0.5) is 0 Å². The van der Waals surface area contributed by atoms with Crippen LogP contribution in [0.3, 0.4) is 0 Å². The number of hydrogen-bond donors (Lipinski definition) is 0. The fourth-order valence-corrected chi connectivity index (χ4v) is 4.93. The van der Waals surface area contributed by atoms with E-state index < -0.39 is 5.60 Å². The third kappa shape index (κ3) is 5.40. The topological polar surface area (TPSA) is 35.5 Å². The summed E-state index contributed by atoms with van der Waals surface area (Å²) in [6.45, 7) is 5.43. The van der Waals surface area contributed by atoms with E-state index in [1.54, 1.807) is 0 Å². The van der Waals surface area contributed by atoms with Crippen molar-refractivity contribution in [3.8, 4) is 5.75 Å². The Morgan fingerprint density at radius 2 is 1.29 bits per heavy atom. The van der Waals surface area contributed by atoms with Crippen LogP contribution < -0.4 is 4.74 Å². The number of hydrogen-bond acceptors (Lipinski definition) is 3. The molecule has 0 bridgehead atoms. The number of esters is 1. The van der Waals surface area contributed by atoms with Crippen molar-refractivity contribution in [2.75, 3.05) is 6.61 Å². The molecule has 28 heavy (non-hydrogen) atoms. The Bertz CT molecular complexity index is 862. The molecule has 0 saturated carbocycles. The van der Waals surface area contributed by atoms with E-state index in [1.807, 2.05) is 75.4 Å². The van der Waals surface area contributed by atoms with Crippen molar-refractivity contribution in [1.29, 1.82) is 0 Å². The molecule has 3 aromatic rings. The van der Waals surface area contributed by atoms with E-state index >= 15 is 0 Å². The van der Waals surface area contributed by atoms with Crippen LogP contribution in [0.25, 0.3) is 0 Å². The summed E-state index contributed by atoms with van der Waals surface area (Å²) in [5.41, 5.74) is -0.529. The molecular weight excluding hydrogens is 368 g/mol. The van der Waals surface area contributed by atoms with Crippen LogP contribution in [0.2, 0.25) is 0 Å². The largest absolute Gasteiger partial charge is 0.477 e. The van der Waals surface area contributed by atoms with Gasteiger partial charge in [-0.2, -0.15) is 0 Å². The maximum Gasteiger partial charge on any atom is 0.344 e. The van der Waals surface area contributed by atoms with Crippen molar-refractivity contribution in [3.63, 3.8) is 0 Å². The maximum absolute atomic E-state index is 12.1. The Morgan fingerprint density at radius 3 is 1.82 bits per heavy atom. The molecule has 0 aliphatic carbocycles. The zero-order valence-corrected chi connectivity index (χ0v) is 17.2. The fourth-order valence-electron chi connectivity index (χ4n) is 2.75. The van der Waals surface area contributed by atoms with Crippen LogP contribution >= 0.6 is 0 Å². The summed E-state index contributed by atoms with van der Waals surface area (Å²) < 4.78 is 11.3. The van der Waals surface area contributed by atoms with Gasteiger partial charge < -0.3 is 9.47 Å². The van der Waals surface area contributed by atoms with Crippen molar-refractivity contribution in [1.82, 2.24) is 0 Å². The first-order valence-electron chi connectivity index (χ1n) is 9.22. The molecule has 0 aliphatic rings. The summed E-state index contributed by atoms with van der Waals surface area (Å²) in [6, 6.07) is 28.6. The van der Waals surface area contributed by atoms with Crippen molar-refractivity contribution >= 4 is 16.9 Å². The molecule has 0 N–H and O–H groups in total. The summed E-state index contributed by atoms with van der Waals surface area (Å²) in [4.78, 5) is 15.5. The van der Waals surface area contributed by atoms with Gasteiger partial charge in [-0.3, -0.25) is 0 Å². The number of benzene rings is 3. The molecule has 144 valence electrons. The molecule has 0 saturated heterocycles. The second-order valence-electron chi connectivity index (χ2n) is 7.25. The van der Waals surface area contributed by atoms with Crippen LogP contribution in [-0.2, 0) is 20.4 Å². The zero-order chi connectivity index (χ0) is 20.0. The van der Waals surface area contributed by atoms with Crippen LogP contribution in [0, 0.1) is 0 Å². The second-order valence-corrected chi connectivity index (χ2v) is 9.25. The van der Waals surface area contributed by atoms with Gasteiger partial charge in [0.15, 0.2) is 22.1 Å². The highest BCUT2D eigenvalue weighted by molar-refractivity contribution is 7.97. The average Bonchev–Trinajstić information content (AvgIpc) is 2.68. The molecule has 0 unspecified atom stereocenters. The Morgan fingerprint density at radius 1 is 0.786 bits per heavy atom. The zero-order valence-electron chi connectivity index (χ0n) is 16.4. The molecule has 0 aromatic heterocycles. The molecule has 0 heterocycles. The molecule has 0 aliphatic heterocycles. The first-order chi connectivity index (χ1) is 13.4. The van der Waals surface area contributed by atoms with Crippen molar-refractivity contribution < 1.29 is 14.3 Å². The molecule has 3 rings (SSSR count). The predicted molar refractivity (Wildman–Crippen MR) is 113 cm³/mol. The third-order valence-corrected chi connectivity index (χ3v) is 6.06. The Kier molecular flexibility index (Phi) is 6.42. The predicted octanol–water partition coefficient (Wildman–Crippen LogP) is 5.50. The second kappa shape index (κ2) is 8.98. The van der Waals surface area contributed by atoms with Crippen molar-refractivity contribution in [3.05, 3.63) is 84.9 Å². The monoisotopic (exact) mass is 393 g/mol. The minimum absolute atomic E-state index is 0.116. The molecule has 0 amide bonds. The van der Waals surface area contributed by atoms with E-state index in [1.165, 1.54) is 9.79 Å². The van der Waals surface area contributed by atoms with Crippen LogP contribution in [0.15, 0.2) is 99.6 Å². The minimum atomic E-state index is -0.529. The number of ether oxygens (including phenoxy) is 2. The Labute approximate surface area is 169 Å². The van der Waals surface area contributed by atoms with E-state index in [9.17, 15) is 4.79 Å². The number of carbonyl (C=O) groups excluding carboxylic acids is 1. The number of para-hydroxylation sites is 1. The average molecular weight is 394 g/mol. The lowest BCUT2D eigenvalue weighted by Gasteiger charge is -2.19. The molecule has 4 heteroatoms. The van der Waals surface area contributed by atoms with E-state index in [0.717, 1.165) is 4.90 Å². The normalized spacial score (nSPS) is 11.3. The summed E-state index contributed by atoms with van der Waals surface area (Å²) in [5, 5.41) is 0. The van der Waals surface area contributed by atoms with E-state index in [-0.39, 0.29) is 23.5 Å². The van der Waals surface area contributed by atoms with Crippen LogP contribution in [0.5, 0.6) is 5.75 Å². The van der Waals surface area contributed by atoms with Crippen LogP contribution in [-0.4, -0.2) is 18.2 Å². The van der Waals surface area contributed by atoms with E-state index in [2.05, 4.69) is 30.3 Å². The van der Waals surface area contributed by atoms with Crippen molar-refractivity contribution in [2.45, 2.75) is 41.1 Å². The molecule has 0 fully saturated rings. The van der Waals surface area contributed by atoms with Crippen LogP contribution in [0.1, 0.15) is 20.8 Å². The summed E-state index contributed by atoms with van der Waals surface area (Å²) in [7, 11) is -0.337. The lowest BCUT2D eigenvalue weighted by molar-refractivity contribution is -0.157. The van der Waals surface area contributed by atoms with E-state index in [4.69, 9.17) is 9.47 Å². The number of carbonyl (C=O) groups is 1. The first-order valence-corrected chi connectivity index (χ1v) is 10.4. The minimum Gasteiger partial charge on any atom is -0.477 e. The Balaban J connectivity index is 1.93. The molecule has 3 nitrogen and oxygen atoms in total. The highest BCUT2D eigenvalue weighted by Gasteiger charge is 2.32. The van der Waals surface area contributed by atoms with Gasteiger partial charge in [-0.05, 0) is 57.2 Å².